The molecule has 1 aliphatic heterocycles. The first-order valence-electron chi connectivity index (χ1n) is 4.13. The van der Waals surface area contributed by atoms with Crippen LogP contribution in [0.4, 0.5) is 0 Å². The highest BCUT2D eigenvalue weighted by atomic mass is 32.2. The van der Waals surface area contributed by atoms with Gasteiger partial charge in [0.25, 0.3) is 0 Å². The van der Waals surface area contributed by atoms with Crippen molar-refractivity contribution in [3.63, 3.8) is 0 Å². The van der Waals surface area contributed by atoms with Crippen LogP contribution in [0.5, 0.6) is 0 Å². The quantitative estimate of drug-likeness (QED) is 0.682. The summed E-state index contributed by atoms with van der Waals surface area (Å²) in [5, 5.41) is 1.31. The Morgan fingerprint density at radius 2 is 1.85 bits per heavy atom. The molecule has 0 spiro atoms. The van der Waals surface area contributed by atoms with Gasteiger partial charge in [-0.05, 0) is 5.56 Å². The van der Waals surface area contributed by atoms with E-state index in [0.29, 0.717) is 0 Å². The maximum atomic E-state index is 11.1. The summed E-state index contributed by atoms with van der Waals surface area (Å²) in [5.41, 5.74) is 1.07. The Kier molecular flexibility index (Phi) is 1.96. The summed E-state index contributed by atoms with van der Waals surface area (Å²) in [6.45, 7) is 0. The summed E-state index contributed by atoms with van der Waals surface area (Å²) < 4.78 is 22.3. The van der Waals surface area contributed by atoms with E-state index >= 15 is 0 Å². The van der Waals surface area contributed by atoms with Crippen molar-refractivity contribution < 1.29 is 8.42 Å². The van der Waals surface area contributed by atoms with Gasteiger partial charge >= 0.3 is 0 Å². The fourth-order valence-corrected chi connectivity index (χ4v) is 2.83. The van der Waals surface area contributed by atoms with Gasteiger partial charge in [-0.25, -0.2) is 8.42 Å². The van der Waals surface area contributed by atoms with Gasteiger partial charge in [0.2, 0.25) is 0 Å². The fourth-order valence-electron chi connectivity index (χ4n) is 1.48. The lowest BCUT2D eigenvalue weighted by Gasteiger charge is -2.05. The van der Waals surface area contributed by atoms with Gasteiger partial charge in [-0.2, -0.15) is 0 Å². The van der Waals surface area contributed by atoms with E-state index in [-0.39, 0.29) is 11.7 Å². The Morgan fingerprint density at radius 3 is 2.38 bits per heavy atom. The van der Waals surface area contributed by atoms with Crippen LogP contribution in [0.25, 0.3) is 0 Å². The molecule has 0 saturated carbocycles. The minimum Gasteiger partial charge on any atom is -0.224 e. The highest BCUT2D eigenvalue weighted by Gasteiger charge is 2.22. The molecule has 0 bridgehead atoms. The molecule has 0 N–H and O–H groups in total. The van der Waals surface area contributed by atoms with E-state index in [1.54, 1.807) is 6.08 Å². The third-order valence-electron chi connectivity index (χ3n) is 2.16. The van der Waals surface area contributed by atoms with Gasteiger partial charge < -0.3 is 0 Å². The van der Waals surface area contributed by atoms with Gasteiger partial charge in [0.15, 0.2) is 9.84 Å². The van der Waals surface area contributed by atoms with Crippen molar-refractivity contribution >= 4 is 9.84 Å². The van der Waals surface area contributed by atoms with E-state index in [1.165, 1.54) is 5.41 Å². The average molecular weight is 194 g/mol. The van der Waals surface area contributed by atoms with Crippen LogP contribution >= 0.6 is 0 Å². The van der Waals surface area contributed by atoms with Crippen LogP contribution < -0.4 is 0 Å². The lowest BCUT2D eigenvalue weighted by Crippen LogP contribution is -2.03. The molecular weight excluding hydrogens is 184 g/mol. The molecule has 13 heavy (non-hydrogen) atoms. The van der Waals surface area contributed by atoms with E-state index < -0.39 is 9.84 Å². The maximum absolute atomic E-state index is 11.1. The van der Waals surface area contributed by atoms with Crippen LogP contribution in [0, 0.1) is 0 Å². The molecule has 1 aromatic carbocycles. The minimum absolute atomic E-state index is 0.0474. The zero-order valence-electron chi connectivity index (χ0n) is 7.05. The largest absolute Gasteiger partial charge is 0.224 e. The summed E-state index contributed by atoms with van der Waals surface area (Å²) in [4.78, 5) is 0. The fraction of sp³-hybridized carbons (Fsp3) is 0.200. The summed E-state index contributed by atoms with van der Waals surface area (Å²) in [5.74, 6) is 0.267. The van der Waals surface area contributed by atoms with Crippen LogP contribution in [0.3, 0.4) is 0 Å². The Bertz CT molecular complexity index is 417. The van der Waals surface area contributed by atoms with Crippen LogP contribution in [-0.4, -0.2) is 14.2 Å². The number of rotatable bonds is 1. The standard InChI is InChI=1S/C10H10O2S/c11-13(12)7-6-10(8-13)9-4-2-1-3-5-9/h1-7,10H,8H2/t10-/m0/s1. The molecular formula is C10H10O2S. The first-order valence-corrected chi connectivity index (χ1v) is 5.85. The lowest BCUT2D eigenvalue weighted by molar-refractivity contribution is 0.604. The predicted molar refractivity (Wildman–Crippen MR) is 52.1 cm³/mol. The van der Waals surface area contributed by atoms with Crippen molar-refractivity contribution in [3.05, 3.63) is 47.4 Å². The van der Waals surface area contributed by atoms with Crippen LogP contribution in [0.1, 0.15) is 11.5 Å². The average Bonchev–Trinajstić information content (AvgIpc) is 2.48. The summed E-state index contributed by atoms with van der Waals surface area (Å²) >= 11 is 0. The van der Waals surface area contributed by atoms with Crippen LogP contribution in [0.15, 0.2) is 41.8 Å². The Labute approximate surface area is 77.8 Å². The summed E-state index contributed by atoms with van der Waals surface area (Å²) in [6, 6.07) is 9.69. The number of benzene rings is 1. The molecule has 3 heteroatoms. The van der Waals surface area contributed by atoms with Crippen molar-refractivity contribution in [1.82, 2.24) is 0 Å². The van der Waals surface area contributed by atoms with Crippen molar-refractivity contribution in [2.45, 2.75) is 5.92 Å². The van der Waals surface area contributed by atoms with Crippen molar-refractivity contribution in [2.75, 3.05) is 5.75 Å². The van der Waals surface area contributed by atoms with Gasteiger partial charge in [0.1, 0.15) is 0 Å². The molecule has 0 fully saturated rings. The molecule has 2 rings (SSSR count). The molecule has 0 aromatic heterocycles. The zero-order chi connectivity index (χ0) is 9.31. The first-order chi connectivity index (χ1) is 6.17. The molecule has 68 valence electrons. The molecule has 1 aromatic rings. The van der Waals surface area contributed by atoms with E-state index in [1.807, 2.05) is 30.3 Å². The van der Waals surface area contributed by atoms with E-state index in [9.17, 15) is 8.42 Å². The number of sulfone groups is 1. The number of hydrogen-bond donors (Lipinski definition) is 0. The van der Waals surface area contributed by atoms with E-state index in [2.05, 4.69) is 0 Å². The van der Waals surface area contributed by atoms with Gasteiger partial charge in [0.05, 0.1) is 5.75 Å². The van der Waals surface area contributed by atoms with Crippen molar-refractivity contribution in [2.24, 2.45) is 0 Å². The number of hydrogen-bond acceptors (Lipinski definition) is 2. The van der Waals surface area contributed by atoms with Gasteiger partial charge in [0, 0.05) is 11.3 Å². The zero-order valence-corrected chi connectivity index (χ0v) is 7.87. The molecule has 0 amide bonds. The maximum Gasteiger partial charge on any atom is 0.172 e. The highest BCUT2D eigenvalue weighted by molar-refractivity contribution is 7.94. The smallest absolute Gasteiger partial charge is 0.172 e. The third-order valence-corrected chi connectivity index (χ3v) is 3.55. The van der Waals surface area contributed by atoms with Gasteiger partial charge in [-0.3, -0.25) is 0 Å². The Balaban J connectivity index is 2.29. The molecule has 2 nitrogen and oxygen atoms in total. The molecule has 1 atom stereocenters. The van der Waals surface area contributed by atoms with Crippen LogP contribution in [-0.2, 0) is 9.84 Å². The SMILES string of the molecule is O=S1(=O)C=C[C@H](c2ccccc2)C1. The first kappa shape index (κ1) is 8.51. The molecule has 0 aliphatic carbocycles. The number of allylic oxidation sites excluding steroid dienone is 1. The summed E-state index contributed by atoms with van der Waals surface area (Å²) in [7, 11) is -2.92. The second-order valence-corrected chi connectivity index (χ2v) is 5.11. The topological polar surface area (TPSA) is 34.1 Å². The predicted octanol–water partition coefficient (Wildman–Crippen LogP) is 1.71. The van der Waals surface area contributed by atoms with Gasteiger partial charge in [-0.1, -0.05) is 36.4 Å². The third kappa shape index (κ3) is 1.80. The Hall–Kier alpha value is -1.09. The highest BCUT2D eigenvalue weighted by Crippen LogP contribution is 2.25. The minimum atomic E-state index is -2.92. The van der Waals surface area contributed by atoms with Gasteiger partial charge in [-0.15, -0.1) is 0 Å². The monoisotopic (exact) mass is 194 g/mol. The van der Waals surface area contributed by atoms with E-state index in [0.717, 1.165) is 5.56 Å². The Morgan fingerprint density at radius 1 is 1.15 bits per heavy atom. The molecule has 1 aliphatic rings. The van der Waals surface area contributed by atoms with Crippen molar-refractivity contribution in [3.8, 4) is 0 Å². The van der Waals surface area contributed by atoms with Crippen LogP contribution in [0.2, 0.25) is 0 Å². The summed E-state index contributed by atoms with van der Waals surface area (Å²) in [6.07, 6.45) is 1.75. The second kappa shape index (κ2) is 3.00. The molecule has 0 saturated heterocycles. The molecule has 1 heterocycles. The van der Waals surface area contributed by atoms with E-state index in [4.69, 9.17) is 0 Å². The lowest BCUT2D eigenvalue weighted by atomic mass is 10.0. The van der Waals surface area contributed by atoms with Crippen molar-refractivity contribution in [1.29, 1.82) is 0 Å². The molecule has 0 unspecified atom stereocenters. The second-order valence-electron chi connectivity index (χ2n) is 3.18. The molecule has 0 radical (unpaired) electrons. The normalized spacial score (nSPS) is 24.8.